The van der Waals surface area contributed by atoms with Crippen molar-refractivity contribution in [3.8, 4) is 11.5 Å². The number of rotatable bonds is 7. The van der Waals surface area contributed by atoms with Gasteiger partial charge in [0, 0.05) is 56.1 Å². The zero-order valence-electron chi connectivity index (χ0n) is 18.6. The lowest BCUT2D eigenvalue weighted by molar-refractivity contribution is -0.122. The van der Waals surface area contributed by atoms with Gasteiger partial charge in [-0.1, -0.05) is 6.07 Å². The number of piperidine rings is 1. The van der Waals surface area contributed by atoms with Crippen molar-refractivity contribution in [3.63, 3.8) is 0 Å². The number of hydrogen-bond donors (Lipinski definition) is 3. The second kappa shape index (κ2) is 12.3. The summed E-state index contributed by atoms with van der Waals surface area (Å²) in [4.78, 5) is 22.5. The minimum absolute atomic E-state index is 0. The topological polar surface area (TPSA) is 114 Å². The number of nitrogens with zero attached hydrogens (tertiary/aromatic N) is 3. The van der Waals surface area contributed by atoms with Gasteiger partial charge in [0.1, 0.15) is 5.82 Å². The number of ether oxygens (including phenoxy) is 2. The number of aromatic nitrogens is 1. The maximum absolute atomic E-state index is 11.4. The molecule has 1 aromatic heterocycles. The number of hydrogen-bond acceptors (Lipinski definition) is 6. The first-order valence-corrected chi connectivity index (χ1v) is 10.2. The first-order chi connectivity index (χ1) is 15.0. The predicted molar refractivity (Wildman–Crippen MR) is 137 cm³/mol. The molecule has 10 heteroatoms. The van der Waals surface area contributed by atoms with Crippen LogP contribution in [0.2, 0.25) is 0 Å². The number of primary amides is 1. The average Bonchev–Trinajstić information content (AvgIpc) is 2.81. The van der Waals surface area contributed by atoms with Gasteiger partial charge in [-0.3, -0.25) is 9.79 Å². The van der Waals surface area contributed by atoms with Gasteiger partial charge in [0.05, 0.1) is 14.2 Å². The summed E-state index contributed by atoms with van der Waals surface area (Å²) < 4.78 is 10.6. The molecule has 32 heavy (non-hydrogen) atoms. The molecule has 1 aliphatic rings. The summed E-state index contributed by atoms with van der Waals surface area (Å²) in [7, 11) is 4.92. The minimum Gasteiger partial charge on any atom is -0.493 e. The molecule has 1 fully saturated rings. The summed E-state index contributed by atoms with van der Waals surface area (Å²) >= 11 is 0. The number of anilines is 2. The third-order valence-corrected chi connectivity index (χ3v) is 5.38. The highest BCUT2D eigenvalue weighted by atomic mass is 127. The van der Waals surface area contributed by atoms with Gasteiger partial charge in [-0.05, 0) is 31.0 Å². The number of pyridine rings is 1. The van der Waals surface area contributed by atoms with Crippen LogP contribution in [0.25, 0.3) is 0 Å². The van der Waals surface area contributed by atoms with Gasteiger partial charge < -0.3 is 30.7 Å². The van der Waals surface area contributed by atoms with Crippen LogP contribution in [0.15, 0.2) is 41.5 Å². The molecule has 0 atom stereocenters. The highest BCUT2D eigenvalue weighted by Gasteiger charge is 2.25. The highest BCUT2D eigenvalue weighted by molar-refractivity contribution is 14.0. The number of nitrogens with one attached hydrogen (secondary N) is 2. The van der Waals surface area contributed by atoms with Gasteiger partial charge in [0.15, 0.2) is 17.5 Å². The molecule has 0 saturated carbocycles. The molecule has 0 spiro atoms. The molecule has 0 aliphatic carbocycles. The van der Waals surface area contributed by atoms with Crippen LogP contribution in [-0.4, -0.2) is 51.2 Å². The molecule has 4 N–H and O–H groups in total. The molecular weight excluding hydrogens is 523 g/mol. The number of halogens is 1. The van der Waals surface area contributed by atoms with E-state index in [1.165, 1.54) is 0 Å². The Labute approximate surface area is 205 Å². The van der Waals surface area contributed by atoms with Crippen molar-refractivity contribution in [2.75, 3.05) is 44.6 Å². The summed E-state index contributed by atoms with van der Waals surface area (Å²) in [6, 6.07) is 9.54. The van der Waals surface area contributed by atoms with Crippen molar-refractivity contribution >= 4 is 47.3 Å². The largest absolute Gasteiger partial charge is 0.493 e. The van der Waals surface area contributed by atoms with Crippen molar-refractivity contribution in [2.45, 2.75) is 19.4 Å². The maximum Gasteiger partial charge on any atom is 0.220 e. The first-order valence-electron chi connectivity index (χ1n) is 10.2. The van der Waals surface area contributed by atoms with E-state index in [4.69, 9.17) is 15.2 Å². The summed E-state index contributed by atoms with van der Waals surface area (Å²) in [6.07, 6.45) is 3.29. The van der Waals surface area contributed by atoms with E-state index in [1.54, 1.807) is 27.5 Å². The lowest BCUT2D eigenvalue weighted by atomic mass is 9.96. The third kappa shape index (κ3) is 6.38. The van der Waals surface area contributed by atoms with E-state index in [0.717, 1.165) is 43.0 Å². The number of guanidine groups is 1. The van der Waals surface area contributed by atoms with Crippen molar-refractivity contribution < 1.29 is 14.3 Å². The summed E-state index contributed by atoms with van der Waals surface area (Å²) in [5.41, 5.74) is 7.33. The Balaban J connectivity index is 0.00000363. The SMILES string of the molecule is CN=C(NCc1cccnc1N1CCC(C(N)=O)CC1)Nc1ccc(OC)c(OC)c1.I. The van der Waals surface area contributed by atoms with Crippen molar-refractivity contribution in [2.24, 2.45) is 16.6 Å². The monoisotopic (exact) mass is 554 g/mol. The molecule has 1 amide bonds. The number of amides is 1. The van der Waals surface area contributed by atoms with Crippen LogP contribution in [0.3, 0.4) is 0 Å². The maximum atomic E-state index is 11.4. The van der Waals surface area contributed by atoms with Crippen molar-refractivity contribution in [3.05, 3.63) is 42.1 Å². The van der Waals surface area contributed by atoms with Gasteiger partial charge in [0.2, 0.25) is 5.91 Å². The Morgan fingerprint density at radius 1 is 1.22 bits per heavy atom. The summed E-state index contributed by atoms with van der Waals surface area (Å²) in [5, 5.41) is 6.59. The van der Waals surface area contributed by atoms with E-state index < -0.39 is 0 Å². The van der Waals surface area contributed by atoms with Crippen LogP contribution in [0.4, 0.5) is 11.5 Å². The molecule has 0 bridgehead atoms. The van der Waals surface area contributed by atoms with Crippen LogP contribution >= 0.6 is 24.0 Å². The van der Waals surface area contributed by atoms with Crippen LogP contribution in [0.1, 0.15) is 18.4 Å². The number of carbonyl (C=O) groups is 1. The van der Waals surface area contributed by atoms with E-state index in [0.29, 0.717) is 24.0 Å². The van der Waals surface area contributed by atoms with E-state index in [9.17, 15) is 4.79 Å². The molecule has 1 aromatic carbocycles. The van der Waals surface area contributed by atoms with E-state index >= 15 is 0 Å². The van der Waals surface area contributed by atoms with E-state index in [1.807, 2.05) is 30.3 Å². The predicted octanol–water partition coefficient (Wildman–Crippen LogP) is 2.61. The molecule has 3 rings (SSSR count). The van der Waals surface area contributed by atoms with Gasteiger partial charge in [-0.25, -0.2) is 4.98 Å². The molecular formula is C22H31IN6O3. The van der Waals surface area contributed by atoms with Gasteiger partial charge in [-0.15, -0.1) is 24.0 Å². The zero-order valence-corrected chi connectivity index (χ0v) is 21.0. The van der Waals surface area contributed by atoms with Crippen LogP contribution in [0.5, 0.6) is 11.5 Å². The third-order valence-electron chi connectivity index (χ3n) is 5.38. The number of nitrogens with two attached hydrogens (primary N) is 1. The molecule has 1 aliphatic heterocycles. The van der Waals surface area contributed by atoms with Crippen molar-refractivity contribution in [1.29, 1.82) is 0 Å². The lowest BCUT2D eigenvalue weighted by Gasteiger charge is -2.32. The molecule has 0 radical (unpaired) electrons. The zero-order chi connectivity index (χ0) is 22.2. The molecule has 2 heterocycles. The average molecular weight is 554 g/mol. The summed E-state index contributed by atoms with van der Waals surface area (Å²) in [5.74, 6) is 2.57. The number of benzene rings is 1. The van der Waals surface area contributed by atoms with Crippen LogP contribution in [-0.2, 0) is 11.3 Å². The summed E-state index contributed by atoms with van der Waals surface area (Å²) in [6.45, 7) is 2.07. The Kier molecular flexibility index (Phi) is 9.82. The molecule has 0 unspecified atom stereocenters. The Morgan fingerprint density at radius 3 is 2.56 bits per heavy atom. The van der Waals surface area contributed by atoms with Gasteiger partial charge >= 0.3 is 0 Å². The highest BCUT2D eigenvalue weighted by Crippen LogP contribution is 2.29. The van der Waals surface area contributed by atoms with E-state index in [2.05, 4.69) is 25.5 Å². The Hall–Kier alpha value is -2.76. The molecule has 9 nitrogen and oxygen atoms in total. The Morgan fingerprint density at radius 2 is 1.94 bits per heavy atom. The number of carbonyl (C=O) groups excluding carboxylic acids is 1. The first kappa shape index (κ1) is 25.5. The minimum atomic E-state index is -0.215. The smallest absolute Gasteiger partial charge is 0.220 e. The van der Waals surface area contributed by atoms with Crippen molar-refractivity contribution in [1.82, 2.24) is 10.3 Å². The van der Waals surface area contributed by atoms with Gasteiger partial charge in [-0.2, -0.15) is 0 Å². The standard InChI is InChI=1S/C22H30N6O3.HI/c1-24-22(27-17-6-7-18(30-2)19(13-17)31-3)26-14-16-5-4-10-25-21(16)28-11-8-15(9-12-28)20(23)29;/h4-7,10,13,15H,8-9,11-12,14H2,1-3H3,(H2,23,29)(H2,24,26,27);1H. The fourth-order valence-electron chi connectivity index (χ4n) is 3.64. The second-order valence-electron chi connectivity index (χ2n) is 7.27. The van der Waals surface area contributed by atoms with Gasteiger partial charge in [0.25, 0.3) is 0 Å². The van der Waals surface area contributed by atoms with Crippen LogP contribution < -0.4 is 30.7 Å². The van der Waals surface area contributed by atoms with Crippen LogP contribution in [0, 0.1) is 5.92 Å². The second-order valence-corrected chi connectivity index (χ2v) is 7.27. The normalized spacial score (nSPS) is 14.3. The lowest BCUT2D eigenvalue weighted by Crippen LogP contribution is -2.39. The fourth-order valence-corrected chi connectivity index (χ4v) is 3.64. The molecule has 174 valence electrons. The fraction of sp³-hybridized carbons (Fsp3) is 0.409. The number of aliphatic imine (C=N–C) groups is 1. The molecule has 1 saturated heterocycles. The molecule has 2 aromatic rings. The quantitative estimate of drug-likeness (QED) is 0.274. The number of methoxy groups -OCH3 is 2. The Bertz CT molecular complexity index is 932. The van der Waals surface area contributed by atoms with E-state index in [-0.39, 0.29) is 35.8 Å².